The SMILES string of the molecule is C=C(C)/C=C1\C=CC=C(/C=C/C(=C)C)C1. The van der Waals surface area contributed by atoms with Gasteiger partial charge in [0.25, 0.3) is 0 Å². The zero-order chi connectivity index (χ0) is 11.3. The molecule has 0 aliphatic heterocycles. The van der Waals surface area contributed by atoms with Crippen LogP contribution in [0.15, 0.2) is 71.9 Å². The molecule has 78 valence electrons. The summed E-state index contributed by atoms with van der Waals surface area (Å²) < 4.78 is 0. The minimum atomic E-state index is 0.979. The number of rotatable bonds is 3. The summed E-state index contributed by atoms with van der Waals surface area (Å²) in [5.41, 5.74) is 4.80. The molecule has 15 heavy (non-hydrogen) atoms. The molecule has 0 heterocycles. The van der Waals surface area contributed by atoms with E-state index in [1.54, 1.807) is 0 Å². The molecule has 0 N–H and O–H groups in total. The summed E-state index contributed by atoms with van der Waals surface area (Å²) in [5, 5.41) is 0. The van der Waals surface area contributed by atoms with E-state index in [4.69, 9.17) is 0 Å². The van der Waals surface area contributed by atoms with E-state index in [1.165, 1.54) is 11.1 Å². The Bertz CT molecular complexity index is 384. The van der Waals surface area contributed by atoms with Gasteiger partial charge in [-0.25, -0.2) is 0 Å². The molecule has 1 rings (SSSR count). The predicted octanol–water partition coefficient (Wildman–Crippen LogP) is 4.51. The van der Waals surface area contributed by atoms with Crippen LogP contribution in [0.1, 0.15) is 20.3 Å². The summed E-state index contributed by atoms with van der Waals surface area (Å²) in [5.74, 6) is 0. The molecule has 0 spiro atoms. The predicted molar refractivity (Wildman–Crippen MR) is 68.7 cm³/mol. The first-order chi connectivity index (χ1) is 7.08. The molecular formula is C15H18. The van der Waals surface area contributed by atoms with Crippen molar-refractivity contribution in [2.75, 3.05) is 0 Å². The maximum Gasteiger partial charge on any atom is -0.00257 e. The number of hydrogen-bond acceptors (Lipinski definition) is 0. The van der Waals surface area contributed by atoms with Crippen LogP contribution >= 0.6 is 0 Å². The van der Waals surface area contributed by atoms with Crippen LogP contribution < -0.4 is 0 Å². The summed E-state index contributed by atoms with van der Waals surface area (Å²) in [6, 6.07) is 0. The fraction of sp³-hybridized carbons (Fsp3) is 0.200. The average molecular weight is 198 g/mol. The fourth-order valence-electron chi connectivity index (χ4n) is 1.43. The topological polar surface area (TPSA) is 0 Å². The molecule has 0 fully saturated rings. The number of allylic oxidation sites excluding steroid dienone is 10. The van der Waals surface area contributed by atoms with Crippen LogP contribution in [0.5, 0.6) is 0 Å². The summed E-state index contributed by atoms with van der Waals surface area (Å²) >= 11 is 0. The zero-order valence-electron chi connectivity index (χ0n) is 9.59. The third-order valence-electron chi connectivity index (χ3n) is 2.04. The van der Waals surface area contributed by atoms with Crippen molar-refractivity contribution in [2.24, 2.45) is 0 Å². The molecule has 0 saturated carbocycles. The quantitative estimate of drug-likeness (QED) is 0.585. The molecule has 0 nitrogen and oxygen atoms in total. The van der Waals surface area contributed by atoms with Gasteiger partial charge in [0.2, 0.25) is 0 Å². The van der Waals surface area contributed by atoms with Crippen LogP contribution in [-0.2, 0) is 0 Å². The highest BCUT2D eigenvalue weighted by molar-refractivity contribution is 5.42. The van der Waals surface area contributed by atoms with Crippen molar-refractivity contribution in [2.45, 2.75) is 20.3 Å². The Morgan fingerprint density at radius 1 is 1.27 bits per heavy atom. The van der Waals surface area contributed by atoms with Crippen molar-refractivity contribution in [3.8, 4) is 0 Å². The molecule has 1 aliphatic carbocycles. The van der Waals surface area contributed by atoms with Gasteiger partial charge < -0.3 is 0 Å². The second kappa shape index (κ2) is 5.35. The highest BCUT2D eigenvalue weighted by atomic mass is 14.1. The third kappa shape index (κ3) is 4.46. The van der Waals surface area contributed by atoms with Crippen molar-refractivity contribution in [1.82, 2.24) is 0 Å². The molecule has 0 aromatic heterocycles. The van der Waals surface area contributed by atoms with E-state index in [-0.39, 0.29) is 0 Å². The molecule has 0 heteroatoms. The lowest BCUT2D eigenvalue weighted by Crippen LogP contribution is -1.88. The van der Waals surface area contributed by atoms with Crippen LogP contribution in [0, 0.1) is 0 Å². The number of hydrogen-bond donors (Lipinski definition) is 0. The standard InChI is InChI=1S/C15H18/c1-12(2)8-9-14-6-5-7-15(11-14)10-13(3)4/h5-10H,1,3,11H2,2,4H3/b9-8+,15-10+. The Morgan fingerprint density at radius 3 is 2.60 bits per heavy atom. The van der Waals surface area contributed by atoms with Gasteiger partial charge in [0.15, 0.2) is 0 Å². The highest BCUT2D eigenvalue weighted by Gasteiger charge is 2.00. The lowest BCUT2D eigenvalue weighted by Gasteiger charge is -2.08. The minimum absolute atomic E-state index is 0.979. The van der Waals surface area contributed by atoms with E-state index in [0.29, 0.717) is 0 Å². The van der Waals surface area contributed by atoms with E-state index in [2.05, 4.69) is 43.5 Å². The summed E-state index contributed by atoms with van der Waals surface area (Å²) in [7, 11) is 0. The van der Waals surface area contributed by atoms with Gasteiger partial charge in [0.1, 0.15) is 0 Å². The second-order valence-electron chi connectivity index (χ2n) is 4.02. The minimum Gasteiger partial charge on any atom is -0.0961 e. The van der Waals surface area contributed by atoms with Crippen molar-refractivity contribution < 1.29 is 0 Å². The fourth-order valence-corrected chi connectivity index (χ4v) is 1.43. The highest BCUT2D eigenvalue weighted by Crippen LogP contribution is 2.20. The smallest absolute Gasteiger partial charge is 0.00257 e. The van der Waals surface area contributed by atoms with Gasteiger partial charge in [-0.05, 0) is 31.4 Å². The Labute approximate surface area is 92.7 Å². The molecule has 0 aromatic carbocycles. The van der Waals surface area contributed by atoms with Crippen LogP contribution in [0.3, 0.4) is 0 Å². The average Bonchev–Trinajstić information content (AvgIpc) is 2.14. The van der Waals surface area contributed by atoms with Crippen molar-refractivity contribution in [1.29, 1.82) is 0 Å². The monoisotopic (exact) mass is 198 g/mol. The maximum atomic E-state index is 3.89. The summed E-state index contributed by atoms with van der Waals surface area (Å²) in [6.45, 7) is 11.7. The normalized spacial score (nSPS) is 18.3. The van der Waals surface area contributed by atoms with Crippen molar-refractivity contribution in [3.05, 3.63) is 71.9 Å². The third-order valence-corrected chi connectivity index (χ3v) is 2.04. The first-order valence-electron chi connectivity index (χ1n) is 5.15. The first kappa shape index (κ1) is 11.5. The van der Waals surface area contributed by atoms with Gasteiger partial charge >= 0.3 is 0 Å². The Balaban J connectivity index is 2.73. The van der Waals surface area contributed by atoms with Crippen LogP contribution in [0.2, 0.25) is 0 Å². The molecule has 0 bridgehead atoms. The van der Waals surface area contributed by atoms with Gasteiger partial charge in [0, 0.05) is 0 Å². The van der Waals surface area contributed by atoms with E-state index >= 15 is 0 Å². The summed E-state index contributed by atoms with van der Waals surface area (Å²) in [4.78, 5) is 0. The molecule has 0 saturated heterocycles. The maximum absolute atomic E-state index is 3.89. The van der Waals surface area contributed by atoms with E-state index in [0.717, 1.165) is 17.6 Å². The van der Waals surface area contributed by atoms with Gasteiger partial charge in [-0.1, -0.05) is 60.8 Å². The van der Waals surface area contributed by atoms with E-state index in [9.17, 15) is 0 Å². The Morgan fingerprint density at radius 2 is 2.00 bits per heavy atom. The van der Waals surface area contributed by atoms with Crippen molar-refractivity contribution >= 4 is 0 Å². The molecule has 1 aliphatic rings. The van der Waals surface area contributed by atoms with Gasteiger partial charge in [-0.15, -0.1) is 0 Å². The van der Waals surface area contributed by atoms with Crippen LogP contribution in [-0.4, -0.2) is 0 Å². The van der Waals surface area contributed by atoms with Gasteiger partial charge in [-0.3, -0.25) is 0 Å². The van der Waals surface area contributed by atoms with E-state index in [1.807, 2.05) is 19.9 Å². The lowest BCUT2D eigenvalue weighted by atomic mass is 9.98. The lowest BCUT2D eigenvalue weighted by molar-refractivity contribution is 1.18. The van der Waals surface area contributed by atoms with E-state index < -0.39 is 0 Å². The van der Waals surface area contributed by atoms with Crippen LogP contribution in [0.4, 0.5) is 0 Å². The van der Waals surface area contributed by atoms with Crippen LogP contribution in [0.25, 0.3) is 0 Å². The zero-order valence-corrected chi connectivity index (χ0v) is 9.59. The molecular weight excluding hydrogens is 180 g/mol. The first-order valence-corrected chi connectivity index (χ1v) is 5.15. The van der Waals surface area contributed by atoms with Gasteiger partial charge in [-0.2, -0.15) is 0 Å². The largest absolute Gasteiger partial charge is 0.0961 e. The molecule has 0 radical (unpaired) electrons. The Kier molecular flexibility index (Phi) is 4.11. The molecule has 0 unspecified atom stereocenters. The molecule has 0 aromatic rings. The molecule has 0 atom stereocenters. The molecule has 0 amide bonds. The summed E-state index contributed by atoms with van der Waals surface area (Å²) in [6.07, 6.45) is 13.6. The van der Waals surface area contributed by atoms with Crippen molar-refractivity contribution in [3.63, 3.8) is 0 Å². The second-order valence-corrected chi connectivity index (χ2v) is 4.02. The van der Waals surface area contributed by atoms with Gasteiger partial charge in [0.05, 0.1) is 0 Å². The Hall–Kier alpha value is -1.56.